The molecule has 0 unspecified atom stereocenters. The van der Waals surface area contributed by atoms with Crippen LogP contribution in [0.15, 0.2) is 0 Å². The van der Waals surface area contributed by atoms with Gasteiger partial charge < -0.3 is 15.2 Å². The molecule has 0 aromatic heterocycles. The Balaban J connectivity index is 2.28. The monoisotopic (exact) mass is 215 g/mol. The Labute approximate surface area is 88.8 Å². The van der Waals surface area contributed by atoms with Crippen molar-refractivity contribution in [2.24, 2.45) is 11.8 Å². The van der Waals surface area contributed by atoms with E-state index in [4.69, 9.17) is 9.84 Å². The number of ether oxygens (including phenoxy) is 1. The molecule has 1 saturated carbocycles. The van der Waals surface area contributed by atoms with Crippen molar-refractivity contribution >= 4 is 12.1 Å². The molecule has 86 valence electrons. The Morgan fingerprint density at radius 3 is 2.47 bits per heavy atom. The molecule has 15 heavy (non-hydrogen) atoms. The Hall–Kier alpha value is -1.26. The van der Waals surface area contributed by atoms with Crippen molar-refractivity contribution in [2.45, 2.75) is 32.7 Å². The van der Waals surface area contributed by atoms with Gasteiger partial charge in [-0.15, -0.1) is 0 Å². The normalized spacial score (nSPS) is 17.3. The molecule has 1 atom stereocenters. The molecule has 5 nitrogen and oxygen atoms in total. The van der Waals surface area contributed by atoms with Gasteiger partial charge in [-0.25, -0.2) is 9.59 Å². The molecule has 0 spiro atoms. The van der Waals surface area contributed by atoms with Crippen LogP contribution in [0, 0.1) is 11.8 Å². The molecule has 0 aliphatic heterocycles. The summed E-state index contributed by atoms with van der Waals surface area (Å²) in [5.74, 6) is -0.706. The number of alkyl carbamates (subject to hydrolysis) is 1. The van der Waals surface area contributed by atoms with Crippen molar-refractivity contribution in [1.29, 1.82) is 0 Å². The lowest BCUT2D eigenvalue weighted by Crippen LogP contribution is -2.44. The minimum atomic E-state index is -1.03. The maximum Gasteiger partial charge on any atom is 0.407 e. The Morgan fingerprint density at radius 2 is 2.07 bits per heavy atom. The molecule has 1 aliphatic carbocycles. The third-order valence-electron chi connectivity index (χ3n) is 2.35. The van der Waals surface area contributed by atoms with Crippen LogP contribution in [0.5, 0.6) is 0 Å². The van der Waals surface area contributed by atoms with Crippen LogP contribution in [0.2, 0.25) is 0 Å². The molecule has 1 aliphatic rings. The van der Waals surface area contributed by atoms with Crippen molar-refractivity contribution in [2.75, 3.05) is 6.61 Å². The number of carbonyl (C=O) groups is 2. The van der Waals surface area contributed by atoms with Gasteiger partial charge >= 0.3 is 12.1 Å². The van der Waals surface area contributed by atoms with E-state index in [-0.39, 0.29) is 5.92 Å². The van der Waals surface area contributed by atoms with Crippen molar-refractivity contribution in [3.05, 3.63) is 0 Å². The lowest BCUT2D eigenvalue weighted by Gasteiger charge is -2.17. The van der Waals surface area contributed by atoms with E-state index in [1.807, 2.05) is 0 Å². The summed E-state index contributed by atoms with van der Waals surface area (Å²) < 4.78 is 4.88. The van der Waals surface area contributed by atoms with E-state index in [9.17, 15) is 9.59 Å². The summed E-state index contributed by atoms with van der Waals surface area (Å²) in [4.78, 5) is 22.0. The standard InChI is InChI=1S/C10H17NO4/c1-6(2)8(9(12)13)11-10(14)15-5-7-3-4-7/h6-8H,3-5H2,1-2H3,(H,11,14)(H,12,13)/t8-/m0/s1. The third kappa shape index (κ3) is 4.18. The van der Waals surface area contributed by atoms with Crippen LogP contribution in [0.3, 0.4) is 0 Å². The summed E-state index contributed by atoms with van der Waals surface area (Å²) in [6, 6.07) is -0.878. The first-order valence-corrected chi connectivity index (χ1v) is 5.16. The third-order valence-corrected chi connectivity index (χ3v) is 2.35. The highest BCUT2D eigenvalue weighted by Gasteiger charge is 2.26. The van der Waals surface area contributed by atoms with Crippen molar-refractivity contribution in [3.63, 3.8) is 0 Å². The van der Waals surface area contributed by atoms with Gasteiger partial charge in [-0.2, -0.15) is 0 Å². The highest BCUT2D eigenvalue weighted by atomic mass is 16.5. The van der Waals surface area contributed by atoms with Crippen LogP contribution in [0.4, 0.5) is 4.79 Å². The lowest BCUT2D eigenvalue weighted by atomic mass is 10.1. The number of carboxylic acids is 1. The molecule has 1 fully saturated rings. The zero-order valence-corrected chi connectivity index (χ0v) is 9.03. The largest absolute Gasteiger partial charge is 0.480 e. The topological polar surface area (TPSA) is 75.6 Å². The van der Waals surface area contributed by atoms with Crippen LogP contribution >= 0.6 is 0 Å². The predicted molar refractivity (Wildman–Crippen MR) is 53.5 cm³/mol. The van der Waals surface area contributed by atoms with Crippen LogP contribution < -0.4 is 5.32 Å². The van der Waals surface area contributed by atoms with Gasteiger partial charge in [0.1, 0.15) is 6.04 Å². The van der Waals surface area contributed by atoms with E-state index in [2.05, 4.69) is 5.32 Å². The molecule has 5 heteroatoms. The van der Waals surface area contributed by atoms with E-state index in [1.54, 1.807) is 13.8 Å². The molecule has 0 aromatic carbocycles. The summed E-state index contributed by atoms with van der Waals surface area (Å²) in [6.45, 7) is 3.87. The predicted octanol–water partition coefficient (Wildman–Crippen LogP) is 1.23. The van der Waals surface area contributed by atoms with Crippen LogP contribution in [0.1, 0.15) is 26.7 Å². The number of nitrogens with one attached hydrogen (secondary N) is 1. The number of rotatable bonds is 5. The second-order valence-corrected chi connectivity index (χ2v) is 4.25. The fraction of sp³-hybridized carbons (Fsp3) is 0.800. The Morgan fingerprint density at radius 1 is 1.47 bits per heavy atom. The highest BCUT2D eigenvalue weighted by Crippen LogP contribution is 2.28. The van der Waals surface area contributed by atoms with Gasteiger partial charge in [-0.05, 0) is 24.7 Å². The molecule has 1 rings (SSSR count). The van der Waals surface area contributed by atoms with E-state index in [0.717, 1.165) is 12.8 Å². The SMILES string of the molecule is CC(C)[C@H](NC(=O)OCC1CC1)C(=O)O. The van der Waals surface area contributed by atoms with Gasteiger partial charge in [0.2, 0.25) is 0 Å². The zero-order valence-electron chi connectivity index (χ0n) is 9.03. The van der Waals surface area contributed by atoms with Gasteiger partial charge in [-0.1, -0.05) is 13.8 Å². The summed E-state index contributed by atoms with van der Waals surface area (Å²) in [5, 5.41) is 11.2. The van der Waals surface area contributed by atoms with Gasteiger partial charge in [0, 0.05) is 0 Å². The molecule has 0 aromatic rings. The molecule has 2 N–H and O–H groups in total. The fourth-order valence-corrected chi connectivity index (χ4v) is 1.16. The molecule has 0 bridgehead atoms. The zero-order chi connectivity index (χ0) is 11.4. The smallest absolute Gasteiger partial charge is 0.407 e. The van der Waals surface area contributed by atoms with E-state index in [1.165, 1.54) is 0 Å². The number of hydrogen-bond acceptors (Lipinski definition) is 3. The summed E-state index contributed by atoms with van der Waals surface area (Å²) in [7, 11) is 0. The van der Waals surface area contributed by atoms with Gasteiger partial charge in [0.15, 0.2) is 0 Å². The van der Waals surface area contributed by atoms with Crippen molar-refractivity contribution in [1.82, 2.24) is 5.32 Å². The van der Waals surface area contributed by atoms with Crippen molar-refractivity contribution in [3.8, 4) is 0 Å². The molecule has 0 heterocycles. The Kier molecular flexibility index (Phi) is 3.94. The van der Waals surface area contributed by atoms with Gasteiger partial charge in [-0.3, -0.25) is 0 Å². The maximum absolute atomic E-state index is 11.2. The minimum absolute atomic E-state index is 0.157. The van der Waals surface area contributed by atoms with Gasteiger partial charge in [0.25, 0.3) is 0 Å². The second kappa shape index (κ2) is 5.00. The number of carbonyl (C=O) groups excluding carboxylic acids is 1. The molecule has 0 saturated heterocycles. The molecule has 0 radical (unpaired) electrons. The number of amides is 1. The number of hydrogen-bond donors (Lipinski definition) is 2. The average Bonchev–Trinajstić information content (AvgIpc) is 2.93. The molecular formula is C10H17NO4. The average molecular weight is 215 g/mol. The first-order valence-electron chi connectivity index (χ1n) is 5.16. The highest BCUT2D eigenvalue weighted by molar-refractivity contribution is 5.80. The number of aliphatic carboxylic acids is 1. The quantitative estimate of drug-likeness (QED) is 0.723. The second-order valence-electron chi connectivity index (χ2n) is 4.25. The lowest BCUT2D eigenvalue weighted by molar-refractivity contribution is -0.140. The summed E-state index contributed by atoms with van der Waals surface area (Å²) >= 11 is 0. The fourth-order valence-electron chi connectivity index (χ4n) is 1.16. The van der Waals surface area contributed by atoms with Crippen molar-refractivity contribution < 1.29 is 19.4 Å². The van der Waals surface area contributed by atoms with E-state index < -0.39 is 18.1 Å². The summed E-state index contributed by atoms with van der Waals surface area (Å²) in [6.07, 6.45) is 1.56. The molecular weight excluding hydrogens is 198 g/mol. The van der Waals surface area contributed by atoms with Crippen LogP contribution in [-0.4, -0.2) is 29.8 Å². The van der Waals surface area contributed by atoms with E-state index in [0.29, 0.717) is 12.5 Å². The van der Waals surface area contributed by atoms with E-state index >= 15 is 0 Å². The minimum Gasteiger partial charge on any atom is -0.480 e. The first kappa shape index (κ1) is 11.8. The molecule has 1 amide bonds. The Bertz CT molecular complexity index is 248. The van der Waals surface area contributed by atoms with Crippen LogP contribution in [0.25, 0.3) is 0 Å². The van der Waals surface area contributed by atoms with Crippen LogP contribution in [-0.2, 0) is 9.53 Å². The number of carboxylic acid groups (broad SMARTS) is 1. The van der Waals surface area contributed by atoms with Gasteiger partial charge in [0.05, 0.1) is 6.61 Å². The maximum atomic E-state index is 11.2. The first-order chi connectivity index (χ1) is 7.00. The summed E-state index contributed by atoms with van der Waals surface area (Å²) in [5.41, 5.74) is 0.